The Balaban J connectivity index is 2.30. The molecule has 20 heavy (non-hydrogen) atoms. The zero-order valence-corrected chi connectivity index (χ0v) is 12.7. The predicted octanol–water partition coefficient (Wildman–Crippen LogP) is 3.27. The fraction of sp³-hybridized carbons (Fsp3) is 0.643. The van der Waals surface area contributed by atoms with Crippen molar-refractivity contribution in [3.63, 3.8) is 0 Å². The van der Waals surface area contributed by atoms with Crippen molar-refractivity contribution >= 4 is 17.3 Å². The first-order valence-electron chi connectivity index (χ1n) is 6.87. The van der Waals surface area contributed by atoms with Crippen LogP contribution < -0.4 is 10.6 Å². The Morgan fingerprint density at radius 2 is 1.90 bits per heavy atom. The van der Waals surface area contributed by atoms with E-state index in [4.69, 9.17) is 0 Å². The molecule has 0 atom stereocenters. The number of nitro groups is 1. The van der Waals surface area contributed by atoms with Crippen LogP contribution in [0.15, 0.2) is 12.1 Å². The van der Waals surface area contributed by atoms with E-state index in [1.54, 1.807) is 6.07 Å². The summed E-state index contributed by atoms with van der Waals surface area (Å²) >= 11 is 0. The van der Waals surface area contributed by atoms with Gasteiger partial charge in [-0.2, -0.15) is 0 Å². The molecule has 0 radical (unpaired) electrons. The van der Waals surface area contributed by atoms with Gasteiger partial charge >= 0.3 is 5.69 Å². The lowest BCUT2D eigenvalue weighted by Crippen LogP contribution is -2.14. The fourth-order valence-corrected chi connectivity index (χ4v) is 2.68. The number of rotatable bonds is 5. The van der Waals surface area contributed by atoms with Gasteiger partial charge in [-0.05, 0) is 23.8 Å². The van der Waals surface area contributed by atoms with E-state index in [0.717, 1.165) is 6.54 Å². The molecule has 1 heterocycles. The number of aromatic nitrogens is 1. The minimum Gasteiger partial charge on any atom is -0.370 e. The first-order valence-corrected chi connectivity index (χ1v) is 6.87. The average Bonchev–Trinajstić information content (AvgIpc) is 2.72. The quantitative estimate of drug-likeness (QED) is 0.638. The van der Waals surface area contributed by atoms with Crippen molar-refractivity contribution < 1.29 is 4.92 Å². The summed E-state index contributed by atoms with van der Waals surface area (Å²) in [6, 6.07) is 3.31. The largest absolute Gasteiger partial charge is 0.370 e. The van der Waals surface area contributed by atoms with Gasteiger partial charge in [0.2, 0.25) is 5.82 Å². The molecule has 1 aromatic heterocycles. The Hall–Kier alpha value is -1.85. The Morgan fingerprint density at radius 3 is 2.35 bits per heavy atom. The molecule has 0 amide bonds. The number of nitrogens with one attached hydrogen (secondary N) is 2. The van der Waals surface area contributed by atoms with E-state index < -0.39 is 4.92 Å². The van der Waals surface area contributed by atoms with Gasteiger partial charge in [-0.15, -0.1) is 0 Å². The van der Waals surface area contributed by atoms with Crippen molar-refractivity contribution in [2.24, 2.45) is 10.8 Å². The van der Waals surface area contributed by atoms with Crippen LogP contribution in [0, 0.1) is 20.9 Å². The topological polar surface area (TPSA) is 80.1 Å². The zero-order valence-electron chi connectivity index (χ0n) is 12.7. The van der Waals surface area contributed by atoms with Crippen LogP contribution in [0.3, 0.4) is 0 Å². The van der Waals surface area contributed by atoms with E-state index in [-0.39, 0.29) is 22.6 Å². The van der Waals surface area contributed by atoms with Gasteiger partial charge in [-0.3, -0.25) is 10.1 Å². The summed E-state index contributed by atoms with van der Waals surface area (Å²) in [4.78, 5) is 15.1. The lowest BCUT2D eigenvalue weighted by atomic mass is 10.0. The predicted molar refractivity (Wildman–Crippen MR) is 80.0 cm³/mol. The molecule has 1 aliphatic carbocycles. The van der Waals surface area contributed by atoms with Gasteiger partial charge < -0.3 is 10.6 Å². The SMILES string of the molecule is CCNc1ccc([N+](=O)[O-])c(NC2C(C)(C)C2(C)C)n1. The van der Waals surface area contributed by atoms with E-state index >= 15 is 0 Å². The van der Waals surface area contributed by atoms with Crippen molar-refractivity contribution in [1.29, 1.82) is 0 Å². The van der Waals surface area contributed by atoms with Crippen LogP contribution >= 0.6 is 0 Å². The summed E-state index contributed by atoms with van der Waals surface area (Å²) in [6.45, 7) is 11.3. The summed E-state index contributed by atoms with van der Waals surface area (Å²) in [5.74, 6) is 0.994. The monoisotopic (exact) mass is 278 g/mol. The minimum atomic E-state index is -0.395. The van der Waals surface area contributed by atoms with Gasteiger partial charge in [0.15, 0.2) is 0 Å². The second-order valence-electron chi connectivity index (χ2n) is 6.37. The van der Waals surface area contributed by atoms with Crippen LogP contribution in [-0.2, 0) is 0 Å². The number of hydrogen-bond acceptors (Lipinski definition) is 5. The lowest BCUT2D eigenvalue weighted by Gasteiger charge is -2.10. The maximum absolute atomic E-state index is 11.1. The molecule has 0 spiro atoms. The van der Waals surface area contributed by atoms with Crippen LogP contribution in [0.25, 0.3) is 0 Å². The number of hydrogen-bond donors (Lipinski definition) is 2. The van der Waals surface area contributed by atoms with Crippen LogP contribution in [0.1, 0.15) is 34.6 Å². The van der Waals surface area contributed by atoms with E-state index in [2.05, 4.69) is 43.3 Å². The number of anilines is 2. The molecule has 110 valence electrons. The molecule has 6 nitrogen and oxygen atoms in total. The van der Waals surface area contributed by atoms with E-state index in [0.29, 0.717) is 11.6 Å². The third kappa shape index (κ3) is 2.19. The first kappa shape index (κ1) is 14.6. The minimum absolute atomic E-state index is 0.0187. The molecule has 2 N–H and O–H groups in total. The van der Waals surface area contributed by atoms with E-state index in [9.17, 15) is 10.1 Å². The fourth-order valence-electron chi connectivity index (χ4n) is 2.68. The molecule has 0 aliphatic heterocycles. The Bertz CT molecular complexity index is 526. The van der Waals surface area contributed by atoms with Crippen molar-refractivity contribution in [1.82, 2.24) is 4.98 Å². The van der Waals surface area contributed by atoms with Gasteiger partial charge in [0.25, 0.3) is 0 Å². The van der Waals surface area contributed by atoms with Crippen LogP contribution in [0.4, 0.5) is 17.3 Å². The molecular formula is C14H22N4O2. The molecule has 6 heteroatoms. The van der Waals surface area contributed by atoms with E-state index in [1.165, 1.54) is 6.07 Å². The summed E-state index contributed by atoms with van der Waals surface area (Å²) in [5.41, 5.74) is 0.207. The second kappa shape index (κ2) is 4.61. The Morgan fingerprint density at radius 1 is 1.30 bits per heavy atom. The van der Waals surface area contributed by atoms with Gasteiger partial charge in [0, 0.05) is 18.7 Å². The highest BCUT2D eigenvalue weighted by molar-refractivity contribution is 5.62. The summed E-state index contributed by atoms with van der Waals surface area (Å²) < 4.78 is 0. The Labute approximate surface area is 119 Å². The lowest BCUT2D eigenvalue weighted by molar-refractivity contribution is -0.384. The van der Waals surface area contributed by atoms with E-state index in [1.807, 2.05) is 6.92 Å². The molecule has 0 bridgehead atoms. The average molecular weight is 278 g/mol. The smallest absolute Gasteiger partial charge is 0.311 e. The van der Waals surface area contributed by atoms with Crippen molar-refractivity contribution in [2.45, 2.75) is 40.7 Å². The van der Waals surface area contributed by atoms with Crippen molar-refractivity contribution in [2.75, 3.05) is 17.2 Å². The summed E-state index contributed by atoms with van der Waals surface area (Å²) in [5, 5.41) is 17.4. The maximum Gasteiger partial charge on any atom is 0.311 e. The molecule has 0 unspecified atom stereocenters. The normalized spacial score (nSPS) is 19.4. The van der Waals surface area contributed by atoms with Crippen molar-refractivity contribution in [3.8, 4) is 0 Å². The highest BCUT2D eigenvalue weighted by Gasteiger charge is 2.65. The van der Waals surface area contributed by atoms with Gasteiger partial charge in [0.05, 0.1) is 4.92 Å². The summed E-state index contributed by atoms with van der Waals surface area (Å²) in [6.07, 6.45) is 0. The third-order valence-electron chi connectivity index (χ3n) is 4.73. The first-order chi connectivity index (χ1) is 9.21. The molecule has 0 saturated heterocycles. The summed E-state index contributed by atoms with van der Waals surface area (Å²) in [7, 11) is 0. The number of pyridine rings is 1. The van der Waals surface area contributed by atoms with Gasteiger partial charge in [-0.1, -0.05) is 27.7 Å². The molecule has 1 aromatic rings. The standard InChI is InChI=1S/C14H22N4O2/c1-6-15-10-8-7-9(18(19)20)11(16-10)17-12-13(2,3)14(12,4)5/h7-8,12H,6H2,1-5H3,(H2,15,16,17). The maximum atomic E-state index is 11.1. The second-order valence-corrected chi connectivity index (χ2v) is 6.37. The zero-order chi connectivity index (χ0) is 15.1. The Kier molecular flexibility index (Phi) is 3.36. The molecule has 2 rings (SSSR count). The van der Waals surface area contributed by atoms with Gasteiger partial charge in [0.1, 0.15) is 5.82 Å². The highest BCUT2D eigenvalue weighted by Crippen LogP contribution is 2.63. The van der Waals surface area contributed by atoms with Crippen molar-refractivity contribution in [3.05, 3.63) is 22.2 Å². The van der Waals surface area contributed by atoms with Gasteiger partial charge in [-0.25, -0.2) is 4.98 Å². The molecule has 0 aromatic carbocycles. The molecule has 1 saturated carbocycles. The molecule has 1 fully saturated rings. The third-order valence-corrected chi connectivity index (χ3v) is 4.73. The van der Waals surface area contributed by atoms with Crippen LogP contribution in [-0.4, -0.2) is 22.5 Å². The molecule has 1 aliphatic rings. The number of nitrogens with zero attached hydrogens (tertiary/aromatic N) is 2. The van der Waals surface area contributed by atoms with Crippen LogP contribution in [0.5, 0.6) is 0 Å². The molecular weight excluding hydrogens is 256 g/mol. The highest BCUT2D eigenvalue weighted by atomic mass is 16.6. The van der Waals surface area contributed by atoms with Crippen LogP contribution in [0.2, 0.25) is 0 Å².